The van der Waals surface area contributed by atoms with E-state index >= 15 is 0 Å². The third-order valence-electron chi connectivity index (χ3n) is 4.85. The molecule has 1 atom stereocenters. The van der Waals surface area contributed by atoms with Crippen molar-refractivity contribution in [3.63, 3.8) is 0 Å². The van der Waals surface area contributed by atoms with Gasteiger partial charge in [-0.2, -0.15) is 0 Å². The molecule has 0 saturated carbocycles. The first-order valence-electron chi connectivity index (χ1n) is 9.48. The Balaban J connectivity index is 0.00000364. The van der Waals surface area contributed by atoms with Crippen LogP contribution in [0.15, 0.2) is 30.3 Å². The summed E-state index contributed by atoms with van der Waals surface area (Å²) in [5.74, 6) is 0.124. The molecule has 1 fully saturated rings. The molecule has 0 radical (unpaired) electrons. The van der Waals surface area contributed by atoms with Crippen molar-refractivity contribution >= 4 is 24.2 Å². The summed E-state index contributed by atoms with van der Waals surface area (Å²) in [6.45, 7) is 5.00. The number of hydrogen-bond donors (Lipinski definition) is 2. The summed E-state index contributed by atoms with van der Waals surface area (Å²) in [4.78, 5) is 26.8. The number of rotatable bonds is 9. The van der Waals surface area contributed by atoms with Crippen LogP contribution in [0.3, 0.4) is 0 Å². The predicted molar refractivity (Wildman–Crippen MR) is 109 cm³/mol. The number of halogens is 1. The number of likely N-dealkylation sites (tertiary alicyclic amines) is 1. The highest BCUT2D eigenvalue weighted by Gasteiger charge is 2.28. The Hall–Kier alpha value is -1.63. The molecule has 1 aliphatic heterocycles. The van der Waals surface area contributed by atoms with Gasteiger partial charge in [-0.15, -0.1) is 12.4 Å². The molecule has 0 aliphatic carbocycles. The number of nitrogens with zero attached hydrogens (tertiary/aromatic N) is 1. The lowest BCUT2D eigenvalue weighted by molar-refractivity contribution is -0.134. The molecule has 7 heteroatoms. The lowest BCUT2D eigenvalue weighted by Crippen LogP contribution is -2.49. The van der Waals surface area contributed by atoms with Gasteiger partial charge < -0.3 is 20.3 Å². The summed E-state index contributed by atoms with van der Waals surface area (Å²) in [6.07, 6.45) is 2.41. The summed E-state index contributed by atoms with van der Waals surface area (Å²) in [6, 6.07) is 10.1. The highest BCUT2D eigenvalue weighted by molar-refractivity contribution is 5.85. The van der Waals surface area contributed by atoms with Crippen molar-refractivity contribution in [3.8, 4) is 0 Å². The van der Waals surface area contributed by atoms with Gasteiger partial charge in [-0.05, 0) is 24.8 Å². The number of ether oxygens (including phenoxy) is 1. The van der Waals surface area contributed by atoms with E-state index in [1.807, 2.05) is 35.2 Å². The van der Waals surface area contributed by atoms with Crippen LogP contribution in [0.1, 0.15) is 37.7 Å². The summed E-state index contributed by atoms with van der Waals surface area (Å²) < 4.78 is 4.94. The van der Waals surface area contributed by atoms with Crippen LogP contribution >= 0.6 is 12.4 Å². The molecule has 2 rings (SSSR count). The van der Waals surface area contributed by atoms with E-state index in [1.54, 1.807) is 7.11 Å². The summed E-state index contributed by atoms with van der Waals surface area (Å²) >= 11 is 0. The average molecular weight is 398 g/mol. The maximum absolute atomic E-state index is 12.9. The Morgan fingerprint density at radius 1 is 1.22 bits per heavy atom. The van der Waals surface area contributed by atoms with Gasteiger partial charge in [0.25, 0.3) is 0 Å². The van der Waals surface area contributed by atoms with Crippen molar-refractivity contribution in [2.45, 2.75) is 38.1 Å². The average Bonchev–Trinajstić information content (AvgIpc) is 2.67. The minimum Gasteiger partial charge on any atom is -0.383 e. The molecule has 1 unspecified atom stereocenters. The molecule has 1 aromatic rings. The van der Waals surface area contributed by atoms with Crippen LogP contribution in [0.25, 0.3) is 0 Å². The van der Waals surface area contributed by atoms with E-state index in [2.05, 4.69) is 17.6 Å². The molecule has 2 N–H and O–H groups in total. The maximum atomic E-state index is 12.9. The fraction of sp³-hybridized carbons (Fsp3) is 0.600. The number of benzene rings is 1. The fourth-order valence-corrected chi connectivity index (χ4v) is 3.36. The molecule has 0 aromatic heterocycles. The molecule has 1 saturated heterocycles. The highest BCUT2D eigenvalue weighted by atomic mass is 35.5. The normalized spacial score (nSPS) is 15.7. The van der Waals surface area contributed by atoms with Gasteiger partial charge in [-0.3, -0.25) is 9.59 Å². The SMILES string of the molecule is CCC(C(=O)N1CCC(NC(=O)CNCCOC)CC1)c1ccccc1.Cl. The van der Waals surface area contributed by atoms with E-state index in [0.717, 1.165) is 24.8 Å². The molecule has 6 nitrogen and oxygen atoms in total. The first kappa shape index (κ1) is 23.4. The molecule has 2 amide bonds. The van der Waals surface area contributed by atoms with Gasteiger partial charge in [-0.1, -0.05) is 37.3 Å². The zero-order valence-electron chi connectivity index (χ0n) is 16.3. The quantitative estimate of drug-likeness (QED) is 0.625. The maximum Gasteiger partial charge on any atom is 0.234 e. The minimum absolute atomic E-state index is 0. The van der Waals surface area contributed by atoms with Crippen LogP contribution in [0, 0.1) is 0 Å². The van der Waals surface area contributed by atoms with Gasteiger partial charge in [-0.25, -0.2) is 0 Å². The summed E-state index contributed by atoms with van der Waals surface area (Å²) in [5.41, 5.74) is 1.08. The molecular weight excluding hydrogens is 366 g/mol. The zero-order valence-corrected chi connectivity index (χ0v) is 17.1. The van der Waals surface area contributed by atoms with Crippen molar-refractivity contribution in [2.75, 3.05) is 39.9 Å². The van der Waals surface area contributed by atoms with Crippen molar-refractivity contribution in [3.05, 3.63) is 35.9 Å². The molecule has 152 valence electrons. The van der Waals surface area contributed by atoms with E-state index in [-0.39, 0.29) is 36.2 Å². The molecule has 27 heavy (non-hydrogen) atoms. The number of piperidine rings is 1. The van der Waals surface area contributed by atoms with Crippen LogP contribution in [-0.2, 0) is 14.3 Å². The highest BCUT2D eigenvalue weighted by Crippen LogP contribution is 2.24. The zero-order chi connectivity index (χ0) is 18.8. The standard InChI is InChI=1S/C20H31N3O3.ClH/c1-3-18(16-7-5-4-6-8-16)20(25)23-12-9-17(10-13-23)22-19(24)15-21-11-14-26-2;/h4-8,17-18,21H,3,9-15H2,1-2H3,(H,22,24);1H. The second kappa shape index (κ2) is 12.7. The van der Waals surface area contributed by atoms with Crippen LogP contribution in [0.4, 0.5) is 0 Å². The smallest absolute Gasteiger partial charge is 0.234 e. The van der Waals surface area contributed by atoms with Crippen LogP contribution in [-0.4, -0.2) is 62.7 Å². The predicted octanol–water partition coefficient (Wildman–Crippen LogP) is 1.95. The van der Waals surface area contributed by atoms with Crippen molar-refractivity contribution < 1.29 is 14.3 Å². The minimum atomic E-state index is -0.0766. The van der Waals surface area contributed by atoms with Gasteiger partial charge in [0.2, 0.25) is 11.8 Å². The molecule has 0 bridgehead atoms. The van der Waals surface area contributed by atoms with Gasteiger partial charge >= 0.3 is 0 Å². The molecule has 1 aliphatic rings. The Labute approximate surface area is 168 Å². The second-order valence-corrected chi connectivity index (χ2v) is 6.71. The Bertz CT molecular complexity index is 563. The van der Waals surface area contributed by atoms with Crippen LogP contribution < -0.4 is 10.6 Å². The largest absolute Gasteiger partial charge is 0.383 e. The van der Waals surface area contributed by atoms with Crippen molar-refractivity contribution in [1.82, 2.24) is 15.5 Å². The monoisotopic (exact) mass is 397 g/mol. The topological polar surface area (TPSA) is 70.7 Å². The van der Waals surface area contributed by atoms with E-state index in [1.165, 1.54) is 0 Å². The van der Waals surface area contributed by atoms with E-state index < -0.39 is 0 Å². The van der Waals surface area contributed by atoms with Crippen LogP contribution in [0.2, 0.25) is 0 Å². The third kappa shape index (κ3) is 7.48. The molecule has 0 spiro atoms. The molecular formula is C20H32ClN3O3. The number of amides is 2. The van der Waals surface area contributed by atoms with Gasteiger partial charge in [0.05, 0.1) is 19.1 Å². The number of hydrogen-bond acceptors (Lipinski definition) is 4. The van der Waals surface area contributed by atoms with Crippen molar-refractivity contribution in [2.24, 2.45) is 0 Å². The summed E-state index contributed by atoms with van der Waals surface area (Å²) in [5, 5.41) is 6.09. The Morgan fingerprint density at radius 2 is 1.89 bits per heavy atom. The fourth-order valence-electron chi connectivity index (χ4n) is 3.36. The van der Waals surface area contributed by atoms with Crippen LogP contribution in [0.5, 0.6) is 0 Å². The first-order valence-corrected chi connectivity index (χ1v) is 9.48. The number of carbonyl (C=O) groups excluding carboxylic acids is 2. The molecule has 1 heterocycles. The van der Waals surface area contributed by atoms with Gasteiger partial charge in [0.1, 0.15) is 0 Å². The third-order valence-corrected chi connectivity index (χ3v) is 4.85. The van der Waals surface area contributed by atoms with Gasteiger partial charge in [0.15, 0.2) is 0 Å². The second-order valence-electron chi connectivity index (χ2n) is 6.71. The lowest BCUT2D eigenvalue weighted by Gasteiger charge is -2.34. The molecule has 1 aromatic carbocycles. The summed E-state index contributed by atoms with van der Waals surface area (Å²) in [7, 11) is 1.64. The number of methoxy groups -OCH3 is 1. The van der Waals surface area contributed by atoms with E-state index in [9.17, 15) is 9.59 Å². The Morgan fingerprint density at radius 3 is 2.48 bits per heavy atom. The first-order chi connectivity index (χ1) is 12.7. The Kier molecular flexibility index (Phi) is 11.0. The number of nitrogens with one attached hydrogen (secondary N) is 2. The van der Waals surface area contributed by atoms with E-state index in [4.69, 9.17) is 4.74 Å². The van der Waals surface area contributed by atoms with Gasteiger partial charge in [0, 0.05) is 32.8 Å². The van der Waals surface area contributed by atoms with Crippen molar-refractivity contribution in [1.29, 1.82) is 0 Å². The van der Waals surface area contributed by atoms with E-state index in [0.29, 0.717) is 32.8 Å². The lowest BCUT2D eigenvalue weighted by atomic mass is 9.93. The number of carbonyl (C=O) groups is 2.